The van der Waals surface area contributed by atoms with Crippen LogP contribution in [0.1, 0.15) is 25.7 Å². The minimum atomic E-state index is -1.04. The Bertz CT molecular complexity index is 600. The van der Waals surface area contributed by atoms with Gasteiger partial charge in [0.15, 0.2) is 0 Å². The van der Waals surface area contributed by atoms with E-state index in [1.54, 1.807) is 0 Å². The van der Waals surface area contributed by atoms with E-state index < -0.39 is 42.3 Å². The van der Waals surface area contributed by atoms with Gasteiger partial charge in [0.2, 0.25) is 11.7 Å². The highest BCUT2D eigenvalue weighted by molar-refractivity contribution is 9.14. The third-order valence-corrected chi connectivity index (χ3v) is 5.30. The second-order valence-electron chi connectivity index (χ2n) is 4.91. The van der Waals surface area contributed by atoms with E-state index in [1.807, 2.05) is 0 Å². The van der Waals surface area contributed by atoms with Crippen molar-refractivity contribution in [3.05, 3.63) is 8.96 Å². The van der Waals surface area contributed by atoms with Crippen LogP contribution < -0.4 is 0 Å². The van der Waals surface area contributed by atoms with Gasteiger partial charge in [-0.3, -0.25) is 19.2 Å². The molecule has 10 heteroatoms. The lowest BCUT2D eigenvalue weighted by Crippen LogP contribution is -2.37. The number of imide groups is 3. The van der Waals surface area contributed by atoms with E-state index in [0.29, 0.717) is 18.0 Å². The topological polar surface area (TPSA) is 101 Å². The van der Waals surface area contributed by atoms with Crippen molar-refractivity contribution in [2.75, 3.05) is 13.1 Å². The van der Waals surface area contributed by atoms with Gasteiger partial charge in [-0.05, 0) is 44.7 Å². The van der Waals surface area contributed by atoms with Crippen LogP contribution in [0, 0.1) is 0 Å². The van der Waals surface area contributed by atoms with Crippen LogP contribution in [0.4, 0.5) is 0 Å². The molecule has 0 aromatic rings. The standard InChI is InChI=1S/C13H12Br2N2O6/c14-9-10(15)12(21)17(11(9)20)8(19)4-3-7(18)13(22)23-16-5-1-2-6-16/h1-6H2. The van der Waals surface area contributed by atoms with Gasteiger partial charge >= 0.3 is 5.97 Å². The van der Waals surface area contributed by atoms with Crippen molar-refractivity contribution < 1.29 is 28.8 Å². The Kier molecular flexibility index (Phi) is 5.82. The van der Waals surface area contributed by atoms with Crippen molar-refractivity contribution in [3.63, 3.8) is 0 Å². The molecule has 1 saturated heterocycles. The fraction of sp³-hybridized carbons (Fsp3) is 0.462. The Morgan fingerprint density at radius 1 is 0.957 bits per heavy atom. The van der Waals surface area contributed by atoms with Crippen molar-refractivity contribution in [2.24, 2.45) is 0 Å². The third-order valence-electron chi connectivity index (χ3n) is 3.29. The van der Waals surface area contributed by atoms with Crippen LogP contribution in [0.3, 0.4) is 0 Å². The van der Waals surface area contributed by atoms with E-state index in [-0.39, 0.29) is 8.96 Å². The molecular weight excluding hydrogens is 440 g/mol. The molecule has 124 valence electrons. The van der Waals surface area contributed by atoms with Gasteiger partial charge in [-0.25, -0.2) is 9.69 Å². The third kappa shape index (κ3) is 3.93. The monoisotopic (exact) mass is 450 g/mol. The molecular formula is C13H12Br2N2O6. The van der Waals surface area contributed by atoms with Crippen LogP contribution >= 0.6 is 31.9 Å². The molecule has 0 spiro atoms. The summed E-state index contributed by atoms with van der Waals surface area (Å²) in [7, 11) is 0. The predicted octanol–water partition coefficient (Wildman–Crippen LogP) is 0.787. The zero-order chi connectivity index (χ0) is 17.1. The summed E-state index contributed by atoms with van der Waals surface area (Å²) in [6.45, 7) is 1.14. The van der Waals surface area contributed by atoms with E-state index in [1.165, 1.54) is 5.06 Å². The zero-order valence-corrected chi connectivity index (χ0v) is 15.0. The highest BCUT2D eigenvalue weighted by Gasteiger charge is 2.40. The second kappa shape index (κ2) is 7.45. The van der Waals surface area contributed by atoms with Crippen LogP contribution in [0.15, 0.2) is 8.96 Å². The van der Waals surface area contributed by atoms with Crippen LogP contribution in [0.5, 0.6) is 0 Å². The van der Waals surface area contributed by atoms with E-state index in [0.717, 1.165) is 12.8 Å². The van der Waals surface area contributed by atoms with Crippen molar-refractivity contribution in [3.8, 4) is 0 Å². The van der Waals surface area contributed by atoms with Gasteiger partial charge in [0.05, 0.1) is 0 Å². The molecule has 3 amide bonds. The fourth-order valence-electron chi connectivity index (χ4n) is 2.08. The molecule has 0 atom stereocenters. The summed E-state index contributed by atoms with van der Waals surface area (Å²) < 4.78 is -0.119. The normalized spacial score (nSPS) is 18.8. The number of hydrogen-bond acceptors (Lipinski definition) is 7. The molecule has 2 aliphatic heterocycles. The van der Waals surface area contributed by atoms with Crippen molar-refractivity contribution >= 4 is 61.3 Å². The van der Waals surface area contributed by atoms with Gasteiger partial charge in [-0.1, -0.05) is 0 Å². The first-order valence-corrected chi connectivity index (χ1v) is 8.38. The van der Waals surface area contributed by atoms with Gasteiger partial charge in [0.1, 0.15) is 8.96 Å². The molecule has 0 radical (unpaired) electrons. The number of rotatable bonds is 5. The average molecular weight is 452 g/mol. The smallest absolute Gasteiger partial charge is 0.362 e. The van der Waals surface area contributed by atoms with E-state index in [4.69, 9.17) is 4.84 Å². The number of carbonyl (C=O) groups excluding carboxylic acids is 5. The summed E-state index contributed by atoms with van der Waals surface area (Å²) in [6, 6.07) is 0. The predicted molar refractivity (Wildman–Crippen MR) is 82.9 cm³/mol. The molecule has 8 nitrogen and oxygen atoms in total. The average Bonchev–Trinajstić information content (AvgIpc) is 3.09. The second-order valence-corrected chi connectivity index (χ2v) is 6.49. The van der Waals surface area contributed by atoms with Crippen molar-refractivity contribution in [1.82, 2.24) is 9.96 Å². The molecule has 0 aliphatic carbocycles. The molecule has 0 saturated carbocycles. The SMILES string of the molecule is O=C(CCC(=O)N1C(=O)C(Br)=C(Br)C1=O)C(=O)ON1CCCC1. The quantitative estimate of drug-likeness (QED) is 0.449. The lowest BCUT2D eigenvalue weighted by molar-refractivity contribution is -0.187. The maximum absolute atomic E-state index is 11.9. The molecule has 0 unspecified atom stereocenters. The Balaban J connectivity index is 1.84. The fourth-order valence-corrected chi connectivity index (χ4v) is 2.78. The number of ketones is 1. The number of carbonyl (C=O) groups is 5. The minimum absolute atomic E-state index is 0.0596. The number of halogens is 2. The van der Waals surface area contributed by atoms with Crippen molar-refractivity contribution in [2.45, 2.75) is 25.7 Å². The lowest BCUT2D eigenvalue weighted by atomic mass is 10.2. The summed E-state index contributed by atoms with van der Waals surface area (Å²) in [5, 5.41) is 1.40. The summed E-state index contributed by atoms with van der Waals surface area (Å²) in [5.74, 6) is -4.39. The van der Waals surface area contributed by atoms with Gasteiger partial charge < -0.3 is 4.84 Å². The van der Waals surface area contributed by atoms with Crippen molar-refractivity contribution in [1.29, 1.82) is 0 Å². The van der Waals surface area contributed by atoms with Gasteiger partial charge in [-0.15, -0.1) is 5.06 Å². The molecule has 0 bridgehead atoms. The maximum atomic E-state index is 11.9. The first-order valence-electron chi connectivity index (χ1n) is 6.80. The first kappa shape index (κ1) is 18.0. The highest BCUT2D eigenvalue weighted by Crippen LogP contribution is 2.29. The molecule has 0 aromatic carbocycles. The highest BCUT2D eigenvalue weighted by atomic mass is 79.9. The van der Waals surface area contributed by atoms with Crippen LogP contribution in [0.25, 0.3) is 0 Å². The molecule has 2 heterocycles. The molecule has 2 aliphatic rings. The molecule has 1 fully saturated rings. The molecule has 0 N–H and O–H groups in total. The largest absolute Gasteiger partial charge is 0.393 e. The Morgan fingerprint density at radius 2 is 1.48 bits per heavy atom. The molecule has 2 rings (SSSR count). The van der Waals surface area contributed by atoms with E-state index in [9.17, 15) is 24.0 Å². The number of hydrogen-bond donors (Lipinski definition) is 0. The van der Waals surface area contributed by atoms with E-state index >= 15 is 0 Å². The Morgan fingerprint density at radius 3 is 2.00 bits per heavy atom. The van der Waals surface area contributed by atoms with Crippen LogP contribution in [0.2, 0.25) is 0 Å². The first-order chi connectivity index (χ1) is 10.8. The molecule has 23 heavy (non-hydrogen) atoms. The number of hydroxylamine groups is 2. The van der Waals surface area contributed by atoms with Crippen LogP contribution in [-0.4, -0.2) is 52.5 Å². The maximum Gasteiger partial charge on any atom is 0.393 e. The summed E-state index contributed by atoms with van der Waals surface area (Å²) in [4.78, 5) is 64.0. The summed E-state index contributed by atoms with van der Waals surface area (Å²) in [6.07, 6.45) is 0.898. The van der Waals surface area contributed by atoms with Gasteiger partial charge in [-0.2, -0.15) is 0 Å². The lowest BCUT2D eigenvalue weighted by Gasteiger charge is -2.14. The minimum Gasteiger partial charge on any atom is -0.362 e. The number of amides is 3. The van der Waals surface area contributed by atoms with Gasteiger partial charge in [0, 0.05) is 25.9 Å². The summed E-state index contributed by atoms with van der Waals surface area (Å²) >= 11 is 5.78. The Hall–Kier alpha value is -1.39. The number of Topliss-reactive ketones (excluding diaryl/α,β-unsaturated/α-hetero) is 1. The number of nitrogens with zero attached hydrogens (tertiary/aromatic N) is 2. The Labute approximate surface area is 148 Å². The van der Waals surface area contributed by atoms with E-state index in [2.05, 4.69) is 31.9 Å². The zero-order valence-electron chi connectivity index (χ0n) is 11.8. The van der Waals surface area contributed by atoms with Crippen LogP contribution in [-0.2, 0) is 28.8 Å². The van der Waals surface area contributed by atoms with Gasteiger partial charge in [0.25, 0.3) is 11.8 Å². The molecule has 0 aromatic heterocycles. The summed E-state index contributed by atoms with van der Waals surface area (Å²) in [5.41, 5.74) is 0.